The zero-order valence-corrected chi connectivity index (χ0v) is 18.7. The van der Waals surface area contributed by atoms with Crippen molar-refractivity contribution in [3.8, 4) is 0 Å². The first kappa shape index (κ1) is 21.3. The van der Waals surface area contributed by atoms with Gasteiger partial charge in [-0.05, 0) is 69.6 Å². The summed E-state index contributed by atoms with van der Waals surface area (Å²) in [7, 11) is 0. The Bertz CT molecular complexity index is 889. The smallest absolute Gasteiger partial charge is 0.320 e. The first-order valence-electron chi connectivity index (χ1n) is 10.9. The summed E-state index contributed by atoms with van der Waals surface area (Å²) in [5.74, 6) is -2.42. The Balaban J connectivity index is 1.85. The summed E-state index contributed by atoms with van der Waals surface area (Å²) in [5, 5.41) is 10.8. The molecule has 5 unspecified atom stereocenters. The summed E-state index contributed by atoms with van der Waals surface area (Å²) in [6.45, 7) is 11.7. The number of hydrogen-bond acceptors (Lipinski definition) is 6. The minimum Gasteiger partial charge on any atom is -0.455 e. The Kier molecular flexibility index (Phi) is 5.02. The fourth-order valence-corrected chi connectivity index (χ4v) is 5.53. The minimum absolute atomic E-state index is 0.186. The average Bonchev–Trinajstić information content (AvgIpc) is 3.13. The van der Waals surface area contributed by atoms with Crippen molar-refractivity contribution in [2.24, 2.45) is 17.8 Å². The van der Waals surface area contributed by atoms with Gasteiger partial charge in [0.25, 0.3) is 0 Å². The van der Waals surface area contributed by atoms with E-state index < -0.39 is 29.4 Å². The van der Waals surface area contributed by atoms with Gasteiger partial charge in [-0.3, -0.25) is 9.59 Å². The van der Waals surface area contributed by atoms with Gasteiger partial charge in [0, 0.05) is 0 Å². The first-order chi connectivity index (χ1) is 13.9. The molecular formula is C24H32O6. The number of esters is 2. The predicted molar refractivity (Wildman–Crippen MR) is 110 cm³/mol. The fraction of sp³-hybridized carbons (Fsp3) is 0.667. The molecule has 0 bridgehead atoms. The number of ether oxygens (including phenoxy) is 3. The topological polar surface area (TPSA) is 82.1 Å². The molecule has 4 aliphatic rings. The van der Waals surface area contributed by atoms with Crippen molar-refractivity contribution in [1.82, 2.24) is 0 Å². The molecule has 1 aliphatic carbocycles. The van der Waals surface area contributed by atoms with Crippen molar-refractivity contribution in [1.29, 1.82) is 0 Å². The molecular weight excluding hydrogens is 384 g/mol. The lowest BCUT2D eigenvalue weighted by molar-refractivity contribution is -0.200. The summed E-state index contributed by atoms with van der Waals surface area (Å²) in [6.07, 6.45) is 3.87. The normalized spacial score (nSPS) is 39.3. The minimum atomic E-state index is -1.56. The van der Waals surface area contributed by atoms with Gasteiger partial charge < -0.3 is 19.3 Å². The highest BCUT2D eigenvalue weighted by molar-refractivity contribution is 5.80. The number of rotatable bonds is 1. The van der Waals surface area contributed by atoms with Crippen LogP contribution in [0, 0.1) is 17.8 Å². The molecule has 0 aromatic rings. The second-order valence-corrected chi connectivity index (χ2v) is 9.85. The number of hydrogen-bond donors (Lipinski definition) is 1. The van der Waals surface area contributed by atoms with E-state index in [0.29, 0.717) is 31.4 Å². The van der Waals surface area contributed by atoms with Crippen molar-refractivity contribution < 1.29 is 28.9 Å². The molecule has 0 spiro atoms. The summed E-state index contributed by atoms with van der Waals surface area (Å²) >= 11 is 0. The second kappa shape index (κ2) is 7.06. The van der Waals surface area contributed by atoms with Crippen LogP contribution in [0.15, 0.2) is 34.1 Å². The van der Waals surface area contributed by atoms with Crippen LogP contribution in [-0.2, 0) is 23.8 Å². The fourth-order valence-electron chi connectivity index (χ4n) is 5.53. The highest BCUT2D eigenvalue weighted by Crippen LogP contribution is 2.52. The maximum Gasteiger partial charge on any atom is 0.320 e. The summed E-state index contributed by atoms with van der Waals surface area (Å²) in [5.41, 5.74) is 3.49. The van der Waals surface area contributed by atoms with Gasteiger partial charge >= 0.3 is 11.9 Å². The average molecular weight is 417 g/mol. The lowest BCUT2D eigenvalue weighted by Crippen LogP contribution is -2.39. The van der Waals surface area contributed by atoms with Crippen LogP contribution in [-0.4, -0.2) is 34.5 Å². The molecule has 0 saturated carbocycles. The van der Waals surface area contributed by atoms with E-state index in [1.54, 1.807) is 6.92 Å². The van der Waals surface area contributed by atoms with Crippen LogP contribution in [0.3, 0.4) is 0 Å². The lowest BCUT2D eigenvalue weighted by Gasteiger charge is -2.39. The third-order valence-corrected chi connectivity index (χ3v) is 7.27. The molecule has 1 N–H and O–H groups in total. The van der Waals surface area contributed by atoms with Crippen LogP contribution in [0.5, 0.6) is 0 Å². The van der Waals surface area contributed by atoms with E-state index in [0.717, 1.165) is 22.3 Å². The third-order valence-electron chi connectivity index (χ3n) is 7.27. The molecule has 3 heterocycles. The molecule has 6 heteroatoms. The summed E-state index contributed by atoms with van der Waals surface area (Å²) in [6, 6.07) is 0. The molecule has 6 nitrogen and oxygen atoms in total. The van der Waals surface area contributed by atoms with Gasteiger partial charge in [0.05, 0.1) is 18.4 Å². The highest BCUT2D eigenvalue weighted by atomic mass is 16.6. The van der Waals surface area contributed by atoms with E-state index in [1.165, 1.54) is 0 Å². The summed E-state index contributed by atoms with van der Waals surface area (Å²) < 4.78 is 17.6. The quantitative estimate of drug-likeness (QED) is 0.515. The summed E-state index contributed by atoms with van der Waals surface area (Å²) in [4.78, 5) is 25.0. The Morgan fingerprint density at radius 3 is 2.57 bits per heavy atom. The molecule has 2 fully saturated rings. The SMILES string of the molecule is CC1=CCC2=C(C(C)C)CC(=O)OC2(C)CCC(C)=C2OC(=O)C3C2C1OC3(C)O. The largest absolute Gasteiger partial charge is 0.455 e. The van der Waals surface area contributed by atoms with Gasteiger partial charge in [0.2, 0.25) is 0 Å². The molecule has 0 aromatic carbocycles. The van der Waals surface area contributed by atoms with Gasteiger partial charge in [0.15, 0.2) is 5.79 Å². The second-order valence-electron chi connectivity index (χ2n) is 9.85. The van der Waals surface area contributed by atoms with E-state index in [1.807, 2.05) is 20.8 Å². The van der Waals surface area contributed by atoms with Crippen molar-refractivity contribution >= 4 is 11.9 Å². The lowest BCUT2D eigenvalue weighted by atomic mass is 9.78. The van der Waals surface area contributed by atoms with Crippen LogP contribution in [0.2, 0.25) is 0 Å². The number of carbonyl (C=O) groups is 2. The molecule has 30 heavy (non-hydrogen) atoms. The molecule has 5 atom stereocenters. The zero-order valence-electron chi connectivity index (χ0n) is 18.7. The molecule has 0 aromatic heterocycles. The number of carbonyl (C=O) groups excluding carboxylic acids is 2. The van der Waals surface area contributed by atoms with Crippen LogP contribution < -0.4 is 0 Å². The molecule has 164 valence electrons. The van der Waals surface area contributed by atoms with Crippen molar-refractivity contribution in [2.45, 2.75) is 84.7 Å². The van der Waals surface area contributed by atoms with E-state index in [-0.39, 0.29) is 17.8 Å². The maximum atomic E-state index is 12.6. The molecule has 0 radical (unpaired) electrons. The molecule has 3 aliphatic heterocycles. The van der Waals surface area contributed by atoms with Crippen molar-refractivity contribution in [3.63, 3.8) is 0 Å². The van der Waals surface area contributed by atoms with Crippen molar-refractivity contribution in [2.75, 3.05) is 0 Å². The standard InChI is InChI=1S/C24H32O6/c1-12(2)15-11-17(25)29-23(5)10-9-14(4)20-18-19(22(26)28-20)24(6,27)30-21(18)13(3)7-8-16(15)23/h7,12,18-19,21,27H,8-11H2,1-6H3. The highest BCUT2D eigenvalue weighted by Gasteiger charge is 2.62. The number of allylic oxidation sites excluding steroid dienone is 2. The van der Waals surface area contributed by atoms with Crippen LogP contribution in [0.1, 0.15) is 67.2 Å². The van der Waals surface area contributed by atoms with Crippen LogP contribution >= 0.6 is 0 Å². The Morgan fingerprint density at radius 2 is 1.90 bits per heavy atom. The maximum absolute atomic E-state index is 12.6. The Hall–Kier alpha value is -1.92. The van der Waals surface area contributed by atoms with Crippen LogP contribution in [0.4, 0.5) is 0 Å². The predicted octanol–water partition coefficient (Wildman–Crippen LogP) is 3.95. The first-order valence-corrected chi connectivity index (χ1v) is 10.9. The monoisotopic (exact) mass is 416 g/mol. The molecule has 0 amide bonds. The molecule has 2 saturated heterocycles. The van der Waals surface area contributed by atoms with E-state index >= 15 is 0 Å². The number of aliphatic hydroxyl groups is 1. The van der Waals surface area contributed by atoms with E-state index in [9.17, 15) is 14.7 Å². The van der Waals surface area contributed by atoms with E-state index in [2.05, 4.69) is 19.9 Å². The zero-order chi connectivity index (χ0) is 22.0. The van der Waals surface area contributed by atoms with Gasteiger partial charge in [-0.1, -0.05) is 25.5 Å². The Labute approximate surface area is 177 Å². The Morgan fingerprint density at radius 1 is 1.20 bits per heavy atom. The van der Waals surface area contributed by atoms with Crippen LogP contribution in [0.25, 0.3) is 0 Å². The number of fused-ring (bicyclic) bond motifs is 1. The van der Waals surface area contributed by atoms with Gasteiger partial charge in [-0.15, -0.1) is 0 Å². The van der Waals surface area contributed by atoms with Gasteiger partial charge in [-0.2, -0.15) is 0 Å². The van der Waals surface area contributed by atoms with E-state index in [4.69, 9.17) is 14.2 Å². The van der Waals surface area contributed by atoms with Gasteiger partial charge in [0.1, 0.15) is 17.3 Å². The third kappa shape index (κ3) is 3.25. The molecule has 4 rings (SSSR count). The van der Waals surface area contributed by atoms with Crippen molar-refractivity contribution in [3.05, 3.63) is 34.1 Å². The van der Waals surface area contributed by atoms with Gasteiger partial charge in [-0.25, -0.2) is 0 Å².